The maximum absolute atomic E-state index is 11.8. The van der Waals surface area contributed by atoms with Gasteiger partial charge in [-0.25, -0.2) is 4.98 Å². The molecule has 0 radical (unpaired) electrons. The Morgan fingerprint density at radius 1 is 1.55 bits per heavy atom. The van der Waals surface area contributed by atoms with Crippen LogP contribution in [0.2, 0.25) is 0 Å². The number of rotatable bonds is 7. The van der Waals surface area contributed by atoms with E-state index in [-0.39, 0.29) is 12.5 Å². The third-order valence-corrected chi connectivity index (χ3v) is 2.95. The molecule has 2 heterocycles. The molecule has 6 nitrogen and oxygen atoms in total. The first kappa shape index (κ1) is 14.2. The Morgan fingerprint density at radius 3 is 3.15 bits per heavy atom. The van der Waals surface area contributed by atoms with E-state index in [2.05, 4.69) is 10.3 Å². The number of fused-ring (bicyclic) bond motifs is 1. The van der Waals surface area contributed by atoms with Crippen molar-refractivity contribution in [3.63, 3.8) is 0 Å². The molecule has 2 aromatic rings. The fourth-order valence-electron chi connectivity index (χ4n) is 2.02. The van der Waals surface area contributed by atoms with Gasteiger partial charge < -0.3 is 14.6 Å². The second-order valence-corrected chi connectivity index (χ2v) is 4.40. The average Bonchev–Trinajstić information content (AvgIpc) is 2.82. The number of hydrogen-bond donors (Lipinski definition) is 1. The maximum Gasteiger partial charge on any atom is 0.239 e. The van der Waals surface area contributed by atoms with Crippen LogP contribution in [-0.4, -0.2) is 42.0 Å². The van der Waals surface area contributed by atoms with Crippen LogP contribution in [0.25, 0.3) is 11.0 Å². The van der Waals surface area contributed by atoms with Gasteiger partial charge >= 0.3 is 0 Å². The highest BCUT2D eigenvalue weighted by atomic mass is 16.5. The molecule has 0 spiro atoms. The molecule has 0 saturated heterocycles. The number of aldehydes is 1. The molecular formula is C14H17N3O3. The molecule has 1 N–H and O–H groups in total. The molecule has 0 saturated carbocycles. The fraction of sp³-hybridized carbons (Fsp3) is 0.357. The number of amides is 1. The first-order chi connectivity index (χ1) is 9.76. The van der Waals surface area contributed by atoms with Crippen LogP contribution < -0.4 is 5.32 Å². The highest BCUT2D eigenvalue weighted by Crippen LogP contribution is 2.17. The number of carbonyl (C=O) groups excluding carboxylic acids is 2. The molecule has 2 rings (SSSR count). The van der Waals surface area contributed by atoms with Gasteiger partial charge in [0.15, 0.2) is 6.29 Å². The van der Waals surface area contributed by atoms with Crippen molar-refractivity contribution >= 4 is 23.2 Å². The number of methoxy groups -OCH3 is 1. The molecule has 20 heavy (non-hydrogen) atoms. The first-order valence-electron chi connectivity index (χ1n) is 6.41. The number of nitrogens with zero attached hydrogens (tertiary/aromatic N) is 2. The Morgan fingerprint density at radius 2 is 2.40 bits per heavy atom. The van der Waals surface area contributed by atoms with Crippen molar-refractivity contribution in [3.8, 4) is 0 Å². The van der Waals surface area contributed by atoms with Crippen molar-refractivity contribution in [2.45, 2.75) is 13.0 Å². The van der Waals surface area contributed by atoms with Crippen molar-refractivity contribution in [3.05, 3.63) is 30.1 Å². The molecule has 6 heteroatoms. The zero-order valence-electron chi connectivity index (χ0n) is 11.3. The van der Waals surface area contributed by atoms with Crippen LogP contribution in [0.5, 0.6) is 0 Å². The SMILES string of the molecule is COCCCNC(=O)Cn1cc(C=O)c2cccnc21. The van der Waals surface area contributed by atoms with Crippen molar-refractivity contribution < 1.29 is 14.3 Å². The van der Waals surface area contributed by atoms with Gasteiger partial charge in [0, 0.05) is 43.6 Å². The van der Waals surface area contributed by atoms with Crippen LogP contribution in [0.4, 0.5) is 0 Å². The number of carbonyl (C=O) groups is 2. The van der Waals surface area contributed by atoms with Crippen molar-refractivity contribution in [1.82, 2.24) is 14.9 Å². The lowest BCUT2D eigenvalue weighted by Gasteiger charge is -2.06. The van der Waals surface area contributed by atoms with E-state index < -0.39 is 0 Å². The standard InChI is InChI=1S/C14H17N3O3/c1-20-7-3-6-15-13(19)9-17-8-11(10-18)12-4-2-5-16-14(12)17/h2,4-5,8,10H,3,6-7,9H2,1H3,(H,15,19). The number of aromatic nitrogens is 2. The molecule has 2 aromatic heterocycles. The number of ether oxygens (including phenoxy) is 1. The van der Waals surface area contributed by atoms with Gasteiger partial charge in [0.2, 0.25) is 5.91 Å². The van der Waals surface area contributed by atoms with E-state index in [0.717, 1.165) is 18.1 Å². The van der Waals surface area contributed by atoms with Crippen LogP contribution in [-0.2, 0) is 16.1 Å². The van der Waals surface area contributed by atoms with E-state index in [1.165, 1.54) is 0 Å². The van der Waals surface area contributed by atoms with E-state index >= 15 is 0 Å². The molecular weight excluding hydrogens is 258 g/mol. The Balaban J connectivity index is 2.06. The lowest BCUT2D eigenvalue weighted by molar-refractivity contribution is -0.121. The highest BCUT2D eigenvalue weighted by Gasteiger charge is 2.11. The average molecular weight is 275 g/mol. The molecule has 0 bridgehead atoms. The Bertz CT molecular complexity index is 607. The van der Waals surface area contributed by atoms with Crippen LogP contribution in [0.15, 0.2) is 24.5 Å². The predicted molar refractivity (Wildman–Crippen MR) is 74.6 cm³/mol. The van der Waals surface area contributed by atoms with E-state index in [0.29, 0.717) is 24.4 Å². The predicted octanol–water partition coefficient (Wildman–Crippen LogP) is 1.00. The summed E-state index contributed by atoms with van der Waals surface area (Å²) in [5.41, 5.74) is 1.18. The van der Waals surface area contributed by atoms with Gasteiger partial charge in [-0.15, -0.1) is 0 Å². The van der Waals surface area contributed by atoms with Gasteiger partial charge in [-0.3, -0.25) is 9.59 Å². The topological polar surface area (TPSA) is 73.2 Å². The van der Waals surface area contributed by atoms with Gasteiger partial charge in [-0.2, -0.15) is 0 Å². The van der Waals surface area contributed by atoms with Gasteiger partial charge in [0.25, 0.3) is 0 Å². The van der Waals surface area contributed by atoms with E-state index in [1.807, 2.05) is 6.07 Å². The summed E-state index contributed by atoms with van der Waals surface area (Å²) in [7, 11) is 1.63. The molecule has 0 unspecified atom stereocenters. The Hall–Kier alpha value is -2.21. The molecule has 0 atom stereocenters. The summed E-state index contributed by atoms with van der Waals surface area (Å²) in [5, 5.41) is 3.56. The number of hydrogen-bond acceptors (Lipinski definition) is 4. The third-order valence-electron chi connectivity index (χ3n) is 2.95. The third kappa shape index (κ3) is 3.21. The summed E-state index contributed by atoms with van der Waals surface area (Å²) in [5.74, 6) is -0.110. The van der Waals surface area contributed by atoms with Crippen molar-refractivity contribution in [2.24, 2.45) is 0 Å². The largest absolute Gasteiger partial charge is 0.385 e. The quantitative estimate of drug-likeness (QED) is 0.604. The summed E-state index contributed by atoms with van der Waals surface area (Å²) in [6.07, 6.45) is 4.84. The van der Waals surface area contributed by atoms with Crippen molar-refractivity contribution in [2.75, 3.05) is 20.3 Å². The second-order valence-electron chi connectivity index (χ2n) is 4.40. The lowest BCUT2D eigenvalue weighted by atomic mass is 10.2. The van der Waals surface area contributed by atoms with Crippen LogP contribution in [0.3, 0.4) is 0 Å². The minimum absolute atomic E-state index is 0.110. The van der Waals surface area contributed by atoms with E-state index in [1.54, 1.807) is 30.1 Å². The Labute approximate surface area is 116 Å². The van der Waals surface area contributed by atoms with Crippen LogP contribution >= 0.6 is 0 Å². The lowest BCUT2D eigenvalue weighted by Crippen LogP contribution is -2.28. The summed E-state index contributed by atoms with van der Waals surface area (Å²) in [6, 6.07) is 3.59. The molecule has 0 aliphatic heterocycles. The summed E-state index contributed by atoms with van der Waals surface area (Å²) >= 11 is 0. The fourth-order valence-corrected chi connectivity index (χ4v) is 2.02. The monoisotopic (exact) mass is 275 g/mol. The molecule has 1 amide bonds. The number of nitrogens with one attached hydrogen (secondary N) is 1. The minimum atomic E-state index is -0.110. The zero-order chi connectivity index (χ0) is 14.4. The van der Waals surface area contributed by atoms with Gasteiger partial charge in [-0.05, 0) is 18.6 Å². The molecule has 0 aromatic carbocycles. The summed E-state index contributed by atoms with van der Waals surface area (Å²) < 4.78 is 6.60. The molecule has 106 valence electrons. The first-order valence-corrected chi connectivity index (χ1v) is 6.41. The normalized spacial score (nSPS) is 10.7. The minimum Gasteiger partial charge on any atom is -0.385 e. The van der Waals surface area contributed by atoms with Crippen LogP contribution in [0.1, 0.15) is 16.8 Å². The zero-order valence-corrected chi connectivity index (χ0v) is 11.3. The van der Waals surface area contributed by atoms with Gasteiger partial charge in [0.05, 0.1) is 0 Å². The molecule has 0 fully saturated rings. The molecule has 0 aliphatic carbocycles. The summed E-state index contributed by atoms with van der Waals surface area (Å²) in [6.45, 7) is 1.33. The second kappa shape index (κ2) is 6.81. The summed E-state index contributed by atoms with van der Waals surface area (Å²) in [4.78, 5) is 27.1. The highest BCUT2D eigenvalue weighted by molar-refractivity contribution is 5.96. The van der Waals surface area contributed by atoms with E-state index in [9.17, 15) is 9.59 Å². The maximum atomic E-state index is 11.8. The number of pyridine rings is 1. The van der Waals surface area contributed by atoms with Crippen LogP contribution in [0, 0.1) is 0 Å². The molecule has 0 aliphatic rings. The Kier molecular flexibility index (Phi) is 4.84. The van der Waals surface area contributed by atoms with Gasteiger partial charge in [0.1, 0.15) is 12.2 Å². The smallest absolute Gasteiger partial charge is 0.239 e. The van der Waals surface area contributed by atoms with Crippen molar-refractivity contribution in [1.29, 1.82) is 0 Å². The van der Waals surface area contributed by atoms with E-state index in [4.69, 9.17) is 4.74 Å². The van der Waals surface area contributed by atoms with Gasteiger partial charge in [-0.1, -0.05) is 0 Å².